The lowest BCUT2D eigenvalue weighted by molar-refractivity contribution is -0.111. The lowest BCUT2D eigenvalue weighted by Gasteiger charge is -1.90. The summed E-state index contributed by atoms with van der Waals surface area (Å²) in [5.41, 5.74) is 0. The van der Waals surface area contributed by atoms with E-state index in [2.05, 4.69) is 12.6 Å². The van der Waals surface area contributed by atoms with E-state index in [1.165, 1.54) is 6.92 Å². The molecule has 0 heterocycles. The van der Waals surface area contributed by atoms with Gasteiger partial charge in [0.25, 0.3) is 0 Å². The van der Waals surface area contributed by atoms with Gasteiger partial charge in [-0.2, -0.15) is 0 Å². The third-order valence-electron chi connectivity index (χ3n) is 0.448. The van der Waals surface area contributed by atoms with Gasteiger partial charge in [0.05, 0.1) is 6.42 Å². The lowest BCUT2D eigenvalue weighted by Crippen LogP contribution is -1.97. The molecule has 0 fully saturated rings. The van der Waals surface area contributed by atoms with Crippen LogP contribution in [-0.2, 0) is 4.79 Å². The highest BCUT2D eigenvalue weighted by atomic mass is 32.1. The Morgan fingerprint density at radius 2 is 2.43 bits per heavy atom. The third-order valence-corrected chi connectivity index (χ3v) is 0.615. The van der Waals surface area contributed by atoms with Crippen LogP contribution in [0.4, 0.5) is 4.39 Å². The molecule has 0 aliphatic carbocycles. The van der Waals surface area contributed by atoms with Crippen LogP contribution < -0.4 is 0 Å². The van der Waals surface area contributed by atoms with Gasteiger partial charge in [-0.25, -0.2) is 4.39 Å². The van der Waals surface area contributed by atoms with E-state index in [1.54, 1.807) is 0 Å². The molecule has 0 amide bonds. The van der Waals surface area contributed by atoms with E-state index in [0.717, 1.165) is 0 Å². The molecule has 41 valence electrons. The molecule has 3 heteroatoms. The monoisotopic (exact) mass is 121 g/mol. The van der Waals surface area contributed by atoms with E-state index in [-0.39, 0.29) is 6.42 Å². The quantitative estimate of drug-likeness (QED) is 0.540. The van der Waals surface area contributed by atoms with Gasteiger partial charge in [0.2, 0.25) is 5.12 Å². The van der Waals surface area contributed by atoms with Gasteiger partial charge >= 0.3 is 0 Å². The molecule has 0 rings (SSSR count). The first-order chi connectivity index (χ1) is 3.13. The van der Waals surface area contributed by atoms with Gasteiger partial charge in [0, 0.05) is 0 Å². The van der Waals surface area contributed by atoms with E-state index < -0.39 is 11.3 Å². The molecule has 1 nitrogen and oxygen atoms in total. The summed E-state index contributed by atoms with van der Waals surface area (Å²) in [5, 5.41) is -0.505. The van der Waals surface area contributed by atoms with Crippen LogP contribution in [0.25, 0.3) is 0 Å². The van der Waals surface area contributed by atoms with Gasteiger partial charge < -0.3 is 0 Å². The number of hydrogen-bond acceptors (Lipinski definition) is 1. The molecule has 0 saturated carbocycles. The Hall–Kier alpha value is -0.180. The predicted molar refractivity (Wildman–Crippen MR) is 27.8 cm³/mol. The SMILES string of the molecule is CC(F)CC(=O)[S]. The van der Waals surface area contributed by atoms with Crippen LogP contribution in [0, 0.1) is 0 Å². The van der Waals surface area contributed by atoms with Crippen LogP contribution in [0.5, 0.6) is 0 Å². The Bertz CT molecular complexity index is 72.1. The summed E-state index contributed by atoms with van der Waals surface area (Å²) in [6.45, 7) is 1.31. The number of carbonyl (C=O) groups excluding carboxylic acids is 1. The summed E-state index contributed by atoms with van der Waals surface area (Å²) in [6.07, 6.45) is -1.21. The number of halogens is 1. The molecular formula is C4H6FOS. The van der Waals surface area contributed by atoms with Crippen molar-refractivity contribution in [3.63, 3.8) is 0 Å². The molecule has 0 aromatic heterocycles. The first-order valence-electron chi connectivity index (χ1n) is 1.97. The van der Waals surface area contributed by atoms with Crippen LogP contribution >= 0.6 is 12.6 Å². The van der Waals surface area contributed by atoms with Crippen molar-refractivity contribution in [3.05, 3.63) is 0 Å². The van der Waals surface area contributed by atoms with Gasteiger partial charge in [-0.3, -0.25) is 4.79 Å². The normalized spacial score (nSPS) is 13.4. The number of alkyl halides is 1. The fourth-order valence-electron chi connectivity index (χ4n) is 0.230. The smallest absolute Gasteiger partial charge is 0.221 e. The average Bonchev–Trinajstić information content (AvgIpc) is 1.27. The van der Waals surface area contributed by atoms with Gasteiger partial charge in [0.15, 0.2) is 0 Å². The van der Waals surface area contributed by atoms with Gasteiger partial charge in [-0.1, -0.05) is 0 Å². The Kier molecular flexibility index (Phi) is 2.83. The molecule has 1 unspecified atom stereocenters. The molecule has 0 aromatic carbocycles. The molecule has 0 bridgehead atoms. The zero-order chi connectivity index (χ0) is 5.86. The van der Waals surface area contributed by atoms with E-state index in [4.69, 9.17) is 0 Å². The van der Waals surface area contributed by atoms with Crippen LogP contribution in [0.15, 0.2) is 0 Å². The van der Waals surface area contributed by atoms with E-state index in [9.17, 15) is 9.18 Å². The van der Waals surface area contributed by atoms with Crippen molar-refractivity contribution in [1.29, 1.82) is 0 Å². The van der Waals surface area contributed by atoms with E-state index >= 15 is 0 Å². The second-order valence-corrected chi connectivity index (χ2v) is 1.81. The molecular weight excluding hydrogens is 115 g/mol. The van der Waals surface area contributed by atoms with Crippen molar-refractivity contribution < 1.29 is 9.18 Å². The fraction of sp³-hybridized carbons (Fsp3) is 0.750. The van der Waals surface area contributed by atoms with Crippen molar-refractivity contribution in [2.24, 2.45) is 0 Å². The maximum absolute atomic E-state index is 11.7. The van der Waals surface area contributed by atoms with Gasteiger partial charge in [0.1, 0.15) is 6.17 Å². The maximum Gasteiger partial charge on any atom is 0.221 e. The Labute approximate surface area is 47.3 Å². The summed E-state index contributed by atoms with van der Waals surface area (Å²) >= 11 is 4.08. The average molecular weight is 121 g/mol. The summed E-state index contributed by atoms with van der Waals surface area (Å²) in [7, 11) is 0. The molecule has 0 aliphatic heterocycles. The molecule has 0 spiro atoms. The molecule has 7 heavy (non-hydrogen) atoms. The van der Waals surface area contributed by atoms with Crippen molar-refractivity contribution >= 4 is 17.7 Å². The van der Waals surface area contributed by atoms with Crippen molar-refractivity contribution in [3.8, 4) is 0 Å². The Morgan fingerprint density at radius 3 is 2.43 bits per heavy atom. The first kappa shape index (κ1) is 6.82. The number of hydrogen-bond donors (Lipinski definition) is 0. The second kappa shape index (κ2) is 2.91. The first-order valence-corrected chi connectivity index (χ1v) is 2.37. The zero-order valence-corrected chi connectivity index (χ0v) is 4.80. The standard InChI is InChI=1S/C4H6FOS/c1-3(5)2-4(6)7/h3H,2H2,1H3. The molecule has 0 N–H and O–H groups in total. The molecule has 1 atom stereocenters. The highest BCUT2D eigenvalue weighted by Crippen LogP contribution is 1.97. The van der Waals surface area contributed by atoms with Crippen molar-refractivity contribution in [1.82, 2.24) is 0 Å². The predicted octanol–water partition coefficient (Wildman–Crippen LogP) is 1.46. The van der Waals surface area contributed by atoms with E-state index in [0.29, 0.717) is 0 Å². The van der Waals surface area contributed by atoms with Crippen LogP contribution in [0.1, 0.15) is 13.3 Å². The number of rotatable bonds is 2. The molecule has 1 radical (unpaired) electrons. The fourth-order valence-corrected chi connectivity index (χ4v) is 0.459. The van der Waals surface area contributed by atoms with Crippen LogP contribution in [0.3, 0.4) is 0 Å². The Morgan fingerprint density at radius 1 is 2.00 bits per heavy atom. The Balaban J connectivity index is 3.13. The maximum atomic E-state index is 11.7. The third kappa shape index (κ3) is 5.82. The van der Waals surface area contributed by atoms with Crippen molar-refractivity contribution in [2.45, 2.75) is 19.5 Å². The summed E-state index contributed by atoms with van der Waals surface area (Å²) in [4.78, 5) is 9.83. The molecule has 0 aliphatic rings. The summed E-state index contributed by atoms with van der Waals surface area (Å²) in [5.74, 6) is 0. The van der Waals surface area contributed by atoms with Crippen LogP contribution in [-0.4, -0.2) is 11.3 Å². The highest BCUT2D eigenvalue weighted by Gasteiger charge is 2.01. The van der Waals surface area contributed by atoms with Crippen LogP contribution in [0.2, 0.25) is 0 Å². The van der Waals surface area contributed by atoms with Gasteiger partial charge in [-0.05, 0) is 19.6 Å². The summed E-state index contributed by atoms with van der Waals surface area (Å²) in [6, 6.07) is 0. The topological polar surface area (TPSA) is 17.1 Å². The van der Waals surface area contributed by atoms with Crippen molar-refractivity contribution in [2.75, 3.05) is 0 Å². The number of carbonyl (C=O) groups is 1. The second-order valence-electron chi connectivity index (χ2n) is 1.36. The zero-order valence-electron chi connectivity index (χ0n) is 3.98. The molecule has 0 aromatic rings. The largest absolute Gasteiger partial charge is 0.282 e. The minimum absolute atomic E-state index is 0.130. The molecule has 0 saturated heterocycles. The minimum atomic E-state index is -1.08. The van der Waals surface area contributed by atoms with Gasteiger partial charge in [-0.15, -0.1) is 0 Å². The summed E-state index contributed by atoms with van der Waals surface area (Å²) < 4.78 is 11.7. The van der Waals surface area contributed by atoms with E-state index in [1.807, 2.05) is 0 Å². The highest BCUT2D eigenvalue weighted by molar-refractivity contribution is 7.96. The minimum Gasteiger partial charge on any atom is -0.282 e. The lowest BCUT2D eigenvalue weighted by atomic mass is 10.3.